The molecule has 0 bridgehead atoms. The average Bonchev–Trinajstić information content (AvgIpc) is 2.74. The molecular formula is C20H25N3. The standard InChI is InChI=1S/C20H25N3/c1-21-12-11-18-16-22(15-17-7-3-2-4-8-17)13-14-23(18)20-10-6-5-9-19(20)21/h2-10,18H,11-16H2,1H3. The van der Waals surface area contributed by atoms with Crippen LogP contribution in [0.3, 0.4) is 0 Å². The molecule has 0 aliphatic carbocycles. The molecule has 2 aliphatic heterocycles. The molecule has 1 fully saturated rings. The molecule has 0 aromatic heterocycles. The summed E-state index contributed by atoms with van der Waals surface area (Å²) in [5, 5.41) is 0. The first-order chi connectivity index (χ1) is 11.3. The van der Waals surface area contributed by atoms with E-state index in [1.165, 1.54) is 23.4 Å². The van der Waals surface area contributed by atoms with Crippen LogP contribution in [0.5, 0.6) is 0 Å². The maximum Gasteiger partial charge on any atom is 0.0607 e. The van der Waals surface area contributed by atoms with E-state index in [4.69, 9.17) is 0 Å². The van der Waals surface area contributed by atoms with Gasteiger partial charge in [-0.25, -0.2) is 0 Å². The second-order valence-corrected chi connectivity index (χ2v) is 6.77. The number of piperazine rings is 1. The average molecular weight is 307 g/mol. The van der Waals surface area contributed by atoms with E-state index in [9.17, 15) is 0 Å². The van der Waals surface area contributed by atoms with Crippen LogP contribution in [-0.4, -0.2) is 44.2 Å². The second kappa shape index (κ2) is 6.25. The monoisotopic (exact) mass is 307 g/mol. The summed E-state index contributed by atoms with van der Waals surface area (Å²) < 4.78 is 0. The van der Waals surface area contributed by atoms with Crippen LogP contribution < -0.4 is 9.80 Å². The summed E-state index contributed by atoms with van der Waals surface area (Å²) in [7, 11) is 2.22. The molecule has 2 aliphatic rings. The van der Waals surface area contributed by atoms with Crippen LogP contribution in [0.1, 0.15) is 12.0 Å². The van der Waals surface area contributed by atoms with E-state index in [0.717, 1.165) is 32.7 Å². The molecule has 0 amide bonds. The van der Waals surface area contributed by atoms with E-state index in [1.807, 2.05) is 0 Å². The van der Waals surface area contributed by atoms with Crippen molar-refractivity contribution in [1.82, 2.24) is 4.90 Å². The molecule has 3 nitrogen and oxygen atoms in total. The van der Waals surface area contributed by atoms with E-state index < -0.39 is 0 Å². The van der Waals surface area contributed by atoms with E-state index >= 15 is 0 Å². The lowest BCUT2D eigenvalue weighted by Gasteiger charge is -2.42. The third-order valence-corrected chi connectivity index (χ3v) is 5.22. The van der Waals surface area contributed by atoms with Crippen molar-refractivity contribution in [2.75, 3.05) is 43.0 Å². The van der Waals surface area contributed by atoms with Gasteiger partial charge >= 0.3 is 0 Å². The van der Waals surface area contributed by atoms with Gasteiger partial charge in [0.05, 0.1) is 11.4 Å². The van der Waals surface area contributed by atoms with E-state index in [1.54, 1.807) is 0 Å². The van der Waals surface area contributed by atoms with Gasteiger partial charge < -0.3 is 9.80 Å². The molecule has 120 valence electrons. The van der Waals surface area contributed by atoms with E-state index in [-0.39, 0.29) is 0 Å². The topological polar surface area (TPSA) is 9.72 Å². The predicted octanol–water partition coefficient (Wildman–Crippen LogP) is 3.22. The maximum absolute atomic E-state index is 2.64. The Hall–Kier alpha value is -2.00. The zero-order valence-electron chi connectivity index (χ0n) is 13.9. The lowest BCUT2D eigenvalue weighted by atomic mass is 10.1. The fourth-order valence-corrected chi connectivity index (χ4v) is 3.96. The van der Waals surface area contributed by atoms with Gasteiger partial charge in [-0.2, -0.15) is 0 Å². The van der Waals surface area contributed by atoms with Crippen molar-refractivity contribution in [1.29, 1.82) is 0 Å². The summed E-state index contributed by atoms with van der Waals surface area (Å²) in [6, 6.07) is 20.4. The van der Waals surface area contributed by atoms with Crippen molar-refractivity contribution >= 4 is 11.4 Å². The minimum atomic E-state index is 0.624. The Morgan fingerprint density at radius 3 is 2.43 bits per heavy atom. The number of rotatable bonds is 2. The zero-order valence-corrected chi connectivity index (χ0v) is 13.9. The smallest absolute Gasteiger partial charge is 0.0607 e. The molecular weight excluding hydrogens is 282 g/mol. The molecule has 1 unspecified atom stereocenters. The normalized spacial score (nSPS) is 21.5. The summed E-state index contributed by atoms with van der Waals surface area (Å²) in [4.78, 5) is 7.67. The minimum Gasteiger partial charge on any atom is -0.373 e. The van der Waals surface area contributed by atoms with Gasteiger partial charge in [-0.3, -0.25) is 4.90 Å². The van der Waals surface area contributed by atoms with Crippen molar-refractivity contribution in [3.63, 3.8) is 0 Å². The van der Waals surface area contributed by atoms with Gasteiger partial charge in [-0.15, -0.1) is 0 Å². The summed E-state index contributed by atoms with van der Waals surface area (Å²) in [6.07, 6.45) is 1.23. The highest BCUT2D eigenvalue weighted by molar-refractivity contribution is 5.72. The van der Waals surface area contributed by atoms with Gasteiger partial charge in [0.1, 0.15) is 0 Å². The highest BCUT2D eigenvalue weighted by Crippen LogP contribution is 2.35. The predicted molar refractivity (Wildman–Crippen MR) is 97.2 cm³/mol. The van der Waals surface area contributed by atoms with Gasteiger partial charge in [-0.05, 0) is 24.1 Å². The highest BCUT2D eigenvalue weighted by atomic mass is 15.3. The molecule has 0 radical (unpaired) electrons. The fraction of sp³-hybridized carbons (Fsp3) is 0.400. The Balaban J connectivity index is 1.53. The molecule has 4 rings (SSSR count). The quantitative estimate of drug-likeness (QED) is 0.843. The largest absolute Gasteiger partial charge is 0.373 e. The number of benzene rings is 2. The fourth-order valence-electron chi connectivity index (χ4n) is 3.96. The van der Waals surface area contributed by atoms with Crippen LogP contribution in [0.4, 0.5) is 11.4 Å². The number of para-hydroxylation sites is 2. The summed E-state index contributed by atoms with van der Waals surface area (Å²) in [6.45, 7) is 5.64. The Morgan fingerprint density at radius 2 is 1.61 bits per heavy atom. The minimum absolute atomic E-state index is 0.624. The lowest BCUT2D eigenvalue weighted by Crippen LogP contribution is -2.52. The Kier molecular flexibility index (Phi) is 3.96. The second-order valence-electron chi connectivity index (χ2n) is 6.77. The van der Waals surface area contributed by atoms with Crippen molar-refractivity contribution < 1.29 is 0 Å². The maximum atomic E-state index is 2.64. The van der Waals surface area contributed by atoms with Gasteiger partial charge in [0.25, 0.3) is 0 Å². The lowest BCUT2D eigenvalue weighted by molar-refractivity contribution is 0.212. The molecule has 3 heteroatoms. The van der Waals surface area contributed by atoms with Crippen molar-refractivity contribution in [2.24, 2.45) is 0 Å². The van der Waals surface area contributed by atoms with Gasteiger partial charge in [0, 0.05) is 45.8 Å². The zero-order chi connectivity index (χ0) is 15.6. The number of anilines is 2. The Morgan fingerprint density at radius 1 is 0.870 bits per heavy atom. The Labute approximate surface area is 139 Å². The van der Waals surface area contributed by atoms with Crippen LogP contribution in [0.15, 0.2) is 54.6 Å². The molecule has 2 aromatic carbocycles. The van der Waals surface area contributed by atoms with Crippen molar-refractivity contribution in [2.45, 2.75) is 19.0 Å². The van der Waals surface area contributed by atoms with Crippen LogP contribution in [0.25, 0.3) is 0 Å². The summed E-state index contributed by atoms with van der Waals surface area (Å²) >= 11 is 0. The SMILES string of the molecule is CN1CCC2CN(Cc3ccccc3)CCN2c2ccccc21. The number of nitrogens with zero attached hydrogens (tertiary/aromatic N) is 3. The van der Waals surface area contributed by atoms with Gasteiger partial charge in [0.15, 0.2) is 0 Å². The Bertz CT molecular complexity index is 655. The first kappa shape index (κ1) is 14.6. The van der Waals surface area contributed by atoms with Crippen LogP contribution in [0, 0.1) is 0 Å². The molecule has 0 spiro atoms. The summed E-state index contributed by atoms with van der Waals surface area (Å²) in [5.41, 5.74) is 4.22. The van der Waals surface area contributed by atoms with E-state index in [0.29, 0.717) is 6.04 Å². The third-order valence-electron chi connectivity index (χ3n) is 5.22. The first-order valence-corrected chi connectivity index (χ1v) is 8.64. The summed E-state index contributed by atoms with van der Waals surface area (Å²) in [5.74, 6) is 0. The number of hydrogen-bond acceptors (Lipinski definition) is 3. The van der Waals surface area contributed by atoms with Gasteiger partial charge in [-0.1, -0.05) is 42.5 Å². The molecule has 23 heavy (non-hydrogen) atoms. The van der Waals surface area contributed by atoms with E-state index in [2.05, 4.69) is 76.3 Å². The van der Waals surface area contributed by atoms with Crippen LogP contribution in [0.2, 0.25) is 0 Å². The third kappa shape index (κ3) is 2.93. The number of hydrogen-bond donors (Lipinski definition) is 0. The highest BCUT2D eigenvalue weighted by Gasteiger charge is 2.31. The van der Waals surface area contributed by atoms with Crippen LogP contribution in [-0.2, 0) is 6.54 Å². The molecule has 0 N–H and O–H groups in total. The number of fused-ring (bicyclic) bond motifs is 3. The molecule has 1 atom stereocenters. The molecule has 1 saturated heterocycles. The first-order valence-electron chi connectivity index (χ1n) is 8.64. The van der Waals surface area contributed by atoms with Crippen molar-refractivity contribution in [3.8, 4) is 0 Å². The molecule has 2 heterocycles. The van der Waals surface area contributed by atoms with Gasteiger partial charge in [0.2, 0.25) is 0 Å². The molecule has 2 aromatic rings. The van der Waals surface area contributed by atoms with Crippen LogP contribution >= 0.6 is 0 Å². The van der Waals surface area contributed by atoms with Crippen molar-refractivity contribution in [3.05, 3.63) is 60.2 Å². The molecule has 0 saturated carbocycles.